The molecule has 1 saturated carbocycles. The molecular weight excluding hydrogens is 196 g/mol. The van der Waals surface area contributed by atoms with Crippen molar-refractivity contribution in [2.24, 2.45) is 5.92 Å². The van der Waals surface area contributed by atoms with Gasteiger partial charge in [0.2, 0.25) is 0 Å². The Morgan fingerprint density at radius 3 is 2.62 bits per heavy atom. The van der Waals surface area contributed by atoms with Crippen LogP contribution in [0.15, 0.2) is 0 Å². The zero-order chi connectivity index (χ0) is 9.68. The average molecular weight is 212 g/mol. The van der Waals surface area contributed by atoms with E-state index in [1.807, 2.05) is 0 Å². The molecule has 0 bridgehead atoms. The van der Waals surface area contributed by atoms with E-state index in [0.29, 0.717) is 11.8 Å². The average Bonchev–Trinajstić information content (AvgIpc) is 2.15. The molecule has 1 aliphatic rings. The summed E-state index contributed by atoms with van der Waals surface area (Å²) < 4.78 is 23.9. The summed E-state index contributed by atoms with van der Waals surface area (Å²) in [7, 11) is 0. The van der Waals surface area contributed by atoms with Gasteiger partial charge in [-0.2, -0.15) is 0 Å². The van der Waals surface area contributed by atoms with Gasteiger partial charge in [0.25, 0.3) is 6.43 Å². The molecular formula is C9H16ClF2N. The highest BCUT2D eigenvalue weighted by Crippen LogP contribution is 2.25. The van der Waals surface area contributed by atoms with E-state index in [2.05, 4.69) is 5.32 Å². The molecule has 0 amide bonds. The van der Waals surface area contributed by atoms with Crippen molar-refractivity contribution >= 4 is 11.6 Å². The highest BCUT2D eigenvalue weighted by atomic mass is 35.5. The Kier molecular flexibility index (Phi) is 4.96. The predicted octanol–water partition coefficient (Wildman–Crippen LogP) is 2.64. The van der Waals surface area contributed by atoms with Crippen LogP contribution in [-0.4, -0.2) is 24.9 Å². The summed E-state index contributed by atoms with van der Waals surface area (Å²) in [6, 6.07) is 0.209. The van der Waals surface area contributed by atoms with Crippen molar-refractivity contribution in [3.05, 3.63) is 0 Å². The summed E-state index contributed by atoms with van der Waals surface area (Å²) in [5, 5.41) is 2.89. The van der Waals surface area contributed by atoms with Gasteiger partial charge in [-0.1, -0.05) is 12.8 Å². The molecule has 0 heterocycles. The molecule has 1 fully saturated rings. The van der Waals surface area contributed by atoms with E-state index in [-0.39, 0.29) is 12.6 Å². The van der Waals surface area contributed by atoms with Crippen LogP contribution in [0.4, 0.5) is 8.78 Å². The van der Waals surface area contributed by atoms with Gasteiger partial charge in [0.05, 0.1) is 6.54 Å². The van der Waals surface area contributed by atoms with E-state index >= 15 is 0 Å². The molecule has 2 atom stereocenters. The van der Waals surface area contributed by atoms with Crippen molar-refractivity contribution in [3.8, 4) is 0 Å². The monoisotopic (exact) mass is 211 g/mol. The SMILES string of the molecule is FC(F)CNC1CCCCC1CCl. The number of alkyl halides is 3. The second-order valence-electron chi connectivity index (χ2n) is 3.60. The summed E-state index contributed by atoms with van der Waals surface area (Å²) >= 11 is 5.76. The molecule has 1 rings (SSSR count). The highest BCUT2D eigenvalue weighted by molar-refractivity contribution is 6.18. The number of hydrogen-bond donors (Lipinski definition) is 1. The number of halogens is 3. The molecule has 1 aliphatic carbocycles. The topological polar surface area (TPSA) is 12.0 Å². The highest BCUT2D eigenvalue weighted by Gasteiger charge is 2.24. The van der Waals surface area contributed by atoms with Gasteiger partial charge in [0.15, 0.2) is 0 Å². The fraction of sp³-hybridized carbons (Fsp3) is 1.00. The van der Waals surface area contributed by atoms with Gasteiger partial charge in [-0.25, -0.2) is 8.78 Å². The molecule has 0 aromatic carbocycles. The molecule has 0 radical (unpaired) electrons. The van der Waals surface area contributed by atoms with Crippen molar-refractivity contribution in [1.29, 1.82) is 0 Å². The van der Waals surface area contributed by atoms with Gasteiger partial charge >= 0.3 is 0 Å². The Morgan fingerprint density at radius 2 is 2.00 bits per heavy atom. The first-order valence-electron chi connectivity index (χ1n) is 4.81. The van der Waals surface area contributed by atoms with Gasteiger partial charge in [0, 0.05) is 11.9 Å². The van der Waals surface area contributed by atoms with Crippen molar-refractivity contribution in [1.82, 2.24) is 5.32 Å². The minimum absolute atomic E-state index is 0.196. The zero-order valence-electron chi connectivity index (χ0n) is 7.61. The molecule has 1 N–H and O–H groups in total. The number of rotatable bonds is 4. The maximum Gasteiger partial charge on any atom is 0.250 e. The molecule has 0 spiro atoms. The van der Waals surface area contributed by atoms with Crippen LogP contribution in [0.1, 0.15) is 25.7 Å². The second-order valence-corrected chi connectivity index (χ2v) is 3.91. The van der Waals surface area contributed by atoms with Gasteiger partial charge in [-0.3, -0.25) is 0 Å². The zero-order valence-corrected chi connectivity index (χ0v) is 8.36. The number of nitrogens with one attached hydrogen (secondary N) is 1. The van der Waals surface area contributed by atoms with Gasteiger partial charge in [0.1, 0.15) is 0 Å². The fourth-order valence-electron chi connectivity index (χ4n) is 1.90. The third kappa shape index (κ3) is 3.77. The minimum Gasteiger partial charge on any atom is -0.308 e. The van der Waals surface area contributed by atoms with Crippen LogP contribution in [0.2, 0.25) is 0 Å². The first kappa shape index (κ1) is 11.2. The van der Waals surface area contributed by atoms with Crippen LogP contribution >= 0.6 is 11.6 Å². The lowest BCUT2D eigenvalue weighted by atomic mass is 9.86. The Labute approximate surface area is 82.8 Å². The molecule has 78 valence electrons. The molecule has 0 aromatic rings. The third-order valence-electron chi connectivity index (χ3n) is 2.64. The van der Waals surface area contributed by atoms with Crippen molar-refractivity contribution in [2.45, 2.75) is 38.2 Å². The predicted molar refractivity (Wildman–Crippen MR) is 50.5 cm³/mol. The van der Waals surface area contributed by atoms with E-state index in [1.165, 1.54) is 6.42 Å². The van der Waals surface area contributed by atoms with Crippen LogP contribution in [0.3, 0.4) is 0 Å². The van der Waals surface area contributed by atoms with Crippen LogP contribution < -0.4 is 5.32 Å². The van der Waals surface area contributed by atoms with E-state index in [0.717, 1.165) is 19.3 Å². The molecule has 13 heavy (non-hydrogen) atoms. The lowest BCUT2D eigenvalue weighted by Crippen LogP contribution is -2.41. The molecule has 0 aromatic heterocycles. The minimum atomic E-state index is -2.25. The maximum atomic E-state index is 11.9. The molecule has 0 saturated heterocycles. The lowest BCUT2D eigenvalue weighted by Gasteiger charge is -2.30. The third-order valence-corrected chi connectivity index (χ3v) is 3.04. The molecule has 4 heteroatoms. The summed E-state index contributed by atoms with van der Waals surface area (Å²) in [4.78, 5) is 0. The van der Waals surface area contributed by atoms with Gasteiger partial charge < -0.3 is 5.32 Å². The standard InChI is InChI=1S/C9H16ClF2N/c10-5-7-3-1-2-4-8(7)13-6-9(11)12/h7-9,13H,1-6H2. The quantitative estimate of drug-likeness (QED) is 0.705. The summed E-state index contributed by atoms with van der Waals surface area (Å²) in [5.74, 6) is 0.968. The molecule has 1 nitrogen and oxygen atoms in total. The van der Waals surface area contributed by atoms with Gasteiger partial charge in [-0.15, -0.1) is 11.6 Å². The summed E-state index contributed by atoms with van der Waals surface area (Å²) in [5.41, 5.74) is 0. The van der Waals surface area contributed by atoms with Crippen LogP contribution in [0, 0.1) is 5.92 Å². The van der Waals surface area contributed by atoms with Crippen LogP contribution in [-0.2, 0) is 0 Å². The molecule has 2 unspecified atom stereocenters. The largest absolute Gasteiger partial charge is 0.308 e. The maximum absolute atomic E-state index is 11.9. The Morgan fingerprint density at radius 1 is 1.31 bits per heavy atom. The first-order valence-corrected chi connectivity index (χ1v) is 5.35. The van der Waals surface area contributed by atoms with Crippen LogP contribution in [0.5, 0.6) is 0 Å². The Bertz CT molecular complexity index is 144. The van der Waals surface area contributed by atoms with Crippen molar-refractivity contribution in [2.75, 3.05) is 12.4 Å². The van der Waals surface area contributed by atoms with Crippen molar-refractivity contribution < 1.29 is 8.78 Å². The van der Waals surface area contributed by atoms with E-state index in [4.69, 9.17) is 11.6 Å². The fourth-order valence-corrected chi connectivity index (χ4v) is 2.27. The molecule has 0 aliphatic heterocycles. The first-order chi connectivity index (χ1) is 6.24. The Balaban J connectivity index is 2.27. The van der Waals surface area contributed by atoms with Crippen molar-refractivity contribution in [3.63, 3.8) is 0 Å². The summed E-state index contributed by atoms with van der Waals surface area (Å²) in [6.45, 7) is -0.196. The Hall–Kier alpha value is 0.110. The normalized spacial score (nSPS) is 29.5. The van der Waals surface area contributed by atoms with E-state index < -0.39 is 6.43 Å². The number of hydrogen-bond acceptors (Lipinski definition) is 1. The lowest BCUT2D eigenvalue weighted by molar-refractivity contribution is 0.132. The second kappa shape index (κ2) is 5.76. The van der Waals surface area contributed by atoms with Crippen LogP contribution in [0.25, 0.3) is 0 Å². The van der Waals surface area contributed by atoms with E-state index in [9.17, 15) is 8.78 Å². The smallest absolute Gasteiger partial charge is 0.250 e. The van der Waals surface area contributed by atoms with E-state index in [1.54, 1.807) is 0 Å². The van der Waals surface area contributed by atoms with Gasteiger partial charge in [-0.05, 0) is 18.8 Å². The summed E-state index contributed by atoms with van der Waals surface area (Å²) in [6.07, 6.45) is 2.13.